The van der Waals surface area contributed by atoms with Crippen LogP contribution in [-0.2, 0) is 0 Å². The Morgan fingerprint density at radius 3 is 2.76 bits per heavy atom. The van der Waals surface area contributed by atoms with Crippen molar-refractivity contribution in [1.82, 2.24) is 4.98 Å². The van der Waals surface area contributed by atoms with Crippen LogP contribution in [0.15, 0.2) is 34.4 Å². The summed E-state index contributed by atoms with van der Waals surface area (Å²) >= 11 is 0. The fourth-order valence-electron chi connectivity index (χ4n) is 2.04. The molecule has 0 aliphatic rings. The Morgan fingerprint density at radius 1 is 1.24 bits per heavy atom. The second kappa shape index (κ2) is 4.14. The Labute approximate surface area is 106 Å². The van der Waals surface area contributed by atoms with E-state index in [0.29, 0.717) is 4.70 Å². The Balaban J connectivity index is 0.00000108. The number of nitrogens with one attached hydrogen (secondary N) is 1. The smallest absolute Gasteiger partial charge is 0.309 e. The lowest BCUT2D eigenvalue weighted by atomic mass is 10.1. The highest BCUT2D eigenvalue weighted by atomic mass is 35.5. The summed E-state index contributed by atoms with van der Waals surface area (Å²) in [4.78, 5) is 14.6. The second-order valence-corrected chi connectivity index (χ2v) is 5.07. The third-order valence-electron chi connectivity index (χ3n) is 2.81. The first-order valence-corrected chi connectivity index (χ1v) is 6.14. The number of aromatic amines is 1. The molecule has 2 aromatic heterocycles. The summed E-state index contributed by atoms with van der Waals surface area (Å²) in [6.45, 7) is 1.94. The Morgan fingerprint density at radius 2 is 2.00 bits per heavy atom. The second-order valence-electron chi connectivity index (χ2n) is 3.79. The number of hydrogen-bond donors (Lipinski definition) is 1. The molecule has 1 aromatic carbocycles. The topological polar surface area (TPSA) is 55.9 Å². The van der Waals surface area contributed by atoms with Gasteiger partial charge in [-0.05, 0) is 23.2 Å². The molecular weight excluding hydrogens is 258 g/mol. The molecule has 5 heteroatoms. The van der Waals surface area contributed by atoms with Gasteiger partial charge in [0.1, 0.15) is 5.38 Å². The molecule has 0 saturated heterocycles. The normalized spacial score (nSPS) is 11.8. The highest BCUT2D eigenvalue weighted by Gasteiger charge is 2.14. The summed E-state index contributed by atoms with van der Waals surface area (Å²) < 4.78 is 12.0. The molecule has 1 unspecified atom stereocenters. The first-order chi connectivity index (χ1) is 7.68. The zero-order chi connectivity index (χ0) is 11.3. The van der Waals surface area contributed by atoms with Gasteiger partial charge in [-0.3, -0.25) is 4.79 Å². The summed E-state index contributed by atoms with van der Waals surface area (Å²) in [7, 11) is -1.30. The van der Waals surface area contributed by atoms with Crippen LogP contribution in [0, 0.1) is 6.92 Å². The fourth-order valence-corrected chi connectivity index (χ4v) is 3.06. The van der Waals surface area contributed by atoms with E-state index in [-0.39, 0.29) is 18.0 Å². The van der Waals surface area contributed by atoms with Crippen molar-refractivity contribution in [2.75, 3.05) is 0 Å². The van der Waals surface area contributed by atoms with Crippen molar-refractivity contribution in [2.24, 2.45) is 0 Å². The third-order valence-corrected chi connectivity index (χ3v) is 4.00. The first-order valence-electron chi connectivity index (χ1n) is 4.93. The standard InChI is InChI=1S/C12H9NO2S.ClH/c1-7-3-2-4-8-9-5-6-16(15)11(9)12(14)13-10(7)8;/h2-6H,1H3,(H,13,14);1H. The van der Waals surface area contributed by atoms with Crippen molar-refractivity contribution in [3.63, 3.8) is 0 Å². The van der Waals surface area contributed by atoms with Crippen molar-refractivity contribution >= 4 is 44.1 Å². The summed E-state index contributed by atoms with van der Waals surface area (Å²) in [6, 6.07) is 7.58. The SMILES string of the molecule is Cc1cccc2c1[nH]c(=O)c1c2cc[s+]1[O-].Cl. The van der Waals surface area contributed by atoms with E-state index in [1.807, 2.05) is 25.1 Å². The van der Waals surface area contributed by atoms with Crippen molar-refractivity contribution in [1.29, 1.82) is 0 Å². The number of aromatic nitrogens is 1. The maximum atomic E-state index is 11.8. The van der Waals surface area contributed by atoms with Gasteiger partial charge in [0.15, 0.2) is 0 Å². The molecular formula is C12H10ClNO2S. The highest BCUT2D eigenvalue weighted by molar-refractivity contribution is 7.30. The number of H-pyrrole nitrogens is 1. The van der Waals surface area contributed by atoms with Crippen molar-refractivity contribution in [2.45, 2.75) is 6.92 Å². The number of pyridine rings is 1. The molecule has 0 aliphatic carbocycles. The van der Waals surface area contributed by atoms with Gasteiger partial charge >= 0.3 is 5.56 Å². The molecule has 0 aliphatic heterocycles. The zero-order valence-electron chi connectivity index (χ0n) is 9.02. The van der Waals surface area contributed by atoms with Crippen LogP contribution in [0.1, 0.15) is 5.56 Å². The lowest BCUT2D eigenvalue weighted by Crippen LogP contribution is -2.05. The lowest BCUT2D eigenvalue weighted by Gasteiger charge is -2.01. The van der Waals surface area contributed by atoms with Gasteiger partial charge in [-0.2, -0.15) is 0 Å². The van der Waals surface area contributed by atoms with E-state index in [1.54, 1.807) is 11.4 Å². The molecule has 0 spiro atoms. The predicted molar refractivity (Wildman–Crippen MR) is 72.7 cm³/mol. The van der Waals surface area contributed by atoms with Crippen LogP contribution in [-0.4, -0.2) is 9.54 Å². The zero-order valence-corrected chi connectivity index (χ0v) is 10.7. The van der Waals surface area contributed by atoms with E-state index >= 15 is 0 Å². The van der Waals surface area contributed by atoms with Crippen LogP contribution in [0.3, 0.4) is 0 Å². The molecule has 3 rings (SSSR count). The molecule has 88 valence electrons. The molecule has 17 heavy (non-hydrogen) atoms. The highest BCUT2D eigenvalue weighted by Crippen LogP contribution is 2.30. The molecule has 0 amide bonds. The van der Waals surface area contributed by atoms with Crippen LogP contribution in [0.25, 0.3) is 21.0 Å². The van der Waals surface area contributed by atoms with Gasteiger partial charge in [0.25, 0.3) is 0 Å². The van der Waals surface area contributed by atoms with Crippen LogP contribution in [0.5, 0.6) is 0 Å². The largest absolute Gasteiger partial charge is 0.590 e. The average Bonchev–Trinajstić information content (AvgIpc) is 2.64. The molecule has 1 N–H and O–H groups in total. The minimum Gasteiger partial charge on any atom is -0.590 e. The summed E-state index contributed by atoms with van der Waals surface area (Å²) in [5.41, 5.74) is 1.60. The maximum absolute atomic E-state index is 11.8. The molecule has 0 saturated carbocycles. The minimum atomic E-state index is -1.30. The number of thiophene rings is 1. The quantitative estimate of drug-likeness (QED) is 0.636. The molecule has 2 heterocycles. The number of para-hydroxylation sites is 1. The van der Waals surface area contributed by atoms with E-state index in [1.165, 1.54) is 0 Å². The summed E-state index contributed by atoms with van der Waals surface area (Å²) in [6.07, 6.45) is 0. The van der Waals surface area contributed by atoms with E-state index in [0.717, 1.165) is 21.9 Å². The Hall–Kier alpha value is -1.36. The van der Waals surface area contributed by atoms with Crippen molar-refractivity contribution in [3.05, 3.63) is 45.6 Å². The van der Waals surface area contributed by atoms with Gasteiger partial charge in [-0.1, -0.05) is 18.2 Å². The molecule has 0 bridgehead atoms. The molecule has 0 fully saturated rings. The first kappa shape index (κ1) is 12.1. The van der Waals surface area contributed by atoms with Gasteiger partial charge in [0.2, 0.25) is 4.70 Å². The van der Waals surface area contributed by atoms with Crippen LogP contribution < -0.4 is 5.56 Å². The third kappa shape index (κ3) is 1.65. The lowest BCUT2D eigenvalue weighted by molar-refractivity contribution is 0.600. The summed E-state index contributed by atoms with van der Waals surface area (Å²) in [5.74, 6) is 0. The van der Waals surface area contributed by atoms with Gasteiger partial charge in [-0.25, -0.2) is 0 Å². The molecule has 3 nitrogen and oxygen atoms in total. The van der Waals surface area contributed by atoms with Gasteiger partial charge in [0, 0.05) is 11.5 Å². The summed E-state index contributed by atoms with van der Waals surface area (Å²) in [5, 5.41) is 3.30. The monoisotopic (exact) mass is 267 g/mol. The average molecular weight is 268 g/mol. The van der Waals surface area contributed by atoms with Gasteiger partial charge < -0.3 is 9.54 Å². The number of hydrogen-bond acceptors (Lipinski definition) is 2. The predicted octanol–water partition coefficient (Wildman–Crippen LogP) is 3.14. The number of aryl methyl sites for hydroxylation is 1. The number of benzene rings is 1. The molecule has 3 aromatic rings. The Kier molecular flexibility index (Phi) is 2.95. The van der Waals surface area contributed by atoms with Gasteiger partial charge in [-0.15, -0.1) is 12.4 Å². The van der Waals surface area contributed by atoms with Crippen molar-refractivity contribution in [3.8, 4) is 0 Å². The number of rotatable bonds is 0. The maximum Gasteiger partial charge on any atom is 0.309 e. The number of halogens is 1. The van der Waals surface area contributed by atoms with Gasteiger partial charge in [0.05, 0.1) is 10.9 Å². The molecule has 1 atom stereocenters. The van der Waals surface area contributed by atoms with E-state index in [2.05, 4.69) is 4.98 Å². The Bertz CT molecular complexity index is 760. The van der Waals surface area contributed by atoms with Crippen LogP contribution in [0.4, 0.5) is 0 Å². The fraction of sp³-hybridized carbons (Fsp3) is 0.0833. The molecule has 0 radical (unpaired) electrons. The van der Waals surface area contributed by atoms with Crippen LogP contribution >= 0.6 is 23.2 Å². The van der Waals surface area contributed by atoms with Crippen molar-refractivity contribution < 1.29 is 4.55 Å². The van der Waals surface area contributed by atoms with E-state index < -0.39 is 10.8 Å². The van der Waals surface area contributed by atoms with E-state index in [4.69, 9.17) is 0 Å². The van der Waals surface area contributed by atoms with E-state index in [9.17, 15) is 9.35 Å². The number of fused-ring (bicyclic) bond motifs is 3. The minimum absolute atomic E-state index is 0. The van der Waals surface area contributed by atoms with Crippen LogP contribution in [0.2, 0.25) is 0 Å².